The minimum Gasteiger partial charge on any atom is -0.384 e. The Balaban J connectivity index is 2.51. The second kappa shape index (κ2) is 4.30. The van der Waals surface area contributed by atoms with Crippen molar-refractivity contribution in [2.75, 3.05) is 5.73 Å². The average Bonchev–Trinajstić information content (AvgIpc) is 2.76. The molecule has 0 saturated carbocycles. The third-order valence-corrected chi connectivity index (χ3v) is 2.39. The number of rotatable bonds is 3. The highest BCUT2D eigenvalue weighted by Gasteiger charge is 2.08. The molecule has 2 aromatic heterocycles. The van der Waals surface area contributed by atoms with Gasteiger partial charge in [-0.15, -0.1) is 0 Å². The van der Waals surface area contributed by atoms with Crippen LogP contribution in [0.2, 0.25) is 0 Å². The summed E-state index contributed by atoms with van der Waals surface area (Å²) in [5.74, 6) is 1.27. The number of nitrogen functional groups attached to an aromatic ring is 1. The van der Waals surface area contributed by atoms with Crippen LogP contribution < -0.4 is 5.73 Å². The fourth-order valence-electron chi connectivity index (χ4n) is 1.61. The van der Waals surface area contributed by atoms with E-state index in [2.05, 4.69) is 15.1 Å². The number of hydrogen-bond donors (Lipinski definition) is 1. The van der Waals surface area contributed by atoms with Crippen LogP contribution in [0.5, 0.6) is 0 Å². The van der Waals surface area contributed by atoms with Gasteiger partial charge in [-0.05, 0) is 13.0 Å². The molecule has 0 aliphatic rings. The Bertz CT molecular complexity index is 489. The van der Waals surface area contributed by atoms with Gasteiger partial charge in [0.1, 0.15) is 11.6 Å². The van der Waals surface area contributed by atoms with Crippen LogP contribution in [0.4, 0.5) is 5.82 Å². The molecule has 0 fully saturated rings. The van der Waals surface area contributed by atoms with E-state index >= 15 is 0 Å². The molecule has 0 aromatic carbocycles. The van der Waals surface area contributed by atoms with Crippen LogP contribution in [0.15, 0.2) is 18.3 Å². The zero-order valence-corrected chi connectivity index (χ0v) is 9.51. The maximum atomic E-state index is 5.75. The van der Waals surface area contributed by atoms with E-state index in [1.165, 1.54) is 0 Å². The first-order chi connectivity index (χ1) is 7.74. The van der Waals surface area contributed by atoms with Gasteiger partial charge in [0, 0.05) is 25.2 Å². The lowest BCUT2D eigenvalue weighted by Crippen LogP contribution is -2.04. The summed E-state index contributed by atoms with van der Waals surface area (Å²) in [5, 5.41) is 4.21. The predicted molar refractivity (Wildman–Crippen MR) is 62.7 cm³/mol. The molecule has 0 radical (unpaired) electrons. The van der Waals surface area contributed by atoms with Crippen molar-refractivity contribution >= 4 is 5.82 Å². The van der Waals surface area contributed by atoms with Crippen LogP contribution in [0.1, 0.15) is 19.7 Å². The Morgan fingerprint density at radius 1 is 1.31 bits per heavy atom. The van der Waals surface area contributed by atoms with Crippen molar-refractivity contribution in [3.8, 4) is 11.4 Å². The second-order valence-electron chi connectivity index (χ2n) is 3.48. The van der Waals surface area contributed by atoms with E-state index in [0.717, 1.165) is 30.2 Å². The smallest absolute Gasteiger partial charge is 0.131 e. The van der Waals surface area contributed by atoms with E-state index in [0.29, 0.717) is 5.82 Å². The van der Waals surface area contributed by atoms with Gasteiger partial charge in [0.25, 0.3) is 0 Å². The largest absolute Gasteiger partial charge is 0.384 e. The van der Waals surface area contributed by atoms with Gasteiger partial charge in [0.2, 0.25) is 0 Å². The van der Waals surface area contributed by atoms with Gasteiger partial charge < -0.3 is 5.73 Å². The summed E-state index contributed by atoms with van der Waals surface area (Å²) in [6.07, 6.45) is 2.54. The Hall–Kier alpha value is -1.91. The van der Waals surface area contributed by atoms with Crippen molar-refractivity contribution in [1.29, 1.82) is 0 Å². The Labute approximate surface area is 94.3 Å². The van der Waals surface area contributed by atoms with Crippen LogP contribution in [0, 0.1) is 0 Å². The van der Waals surface area contributed by atoms with E-state index in [1.54, 1.807) is 12.3 Å². The third-order valence-electron chi connectivity index (χ3n) is 2.39. The van der Waals surface area contributed by atoms with Gasteiger partial charge in [-0.2, -0.15) is 5.10 Å². The fraction of sp³-hybridized carbons (Fsp3) is 0.364. The molecule has 2 aromatic rings. The number of aryl methyl sites for hydroxylation is 2. The highest BCUT2D eigenvalue weighted by atomic mass is 15.3. The standard InChI is InChI=1S/C11H15N5/c1-3-11-14-8(7-10(12)15-11)9-5-6-13-16(9)4-2/h5-7H,3-4H2,1-2H3,(H2,12,14,15). The monoisotopic (exact) mass is 217 g/mol. The van der Waals surface area contributed by atoms with Gasteiger partial charge >= 0.3 is 0 Å². The van der Waals surface area contributed by atoms with Crippen molar-refractivity contribution in [3.63, 3.8) is 0 Å². The molecule has 5 heteroatoms. The Kier molecular flexibility index (Phi) is 2.85. The lowest BCUT2D eigenvalue weighted by molar-refractivity contribution is 0.665. The summed E-state index contributed by atoms with van der Waals surface area (Å²) in [5.41, 5.74) is 7.57. The summed E-state index contributed by atoms with van der Waals surface area (Å²) in [4.78, 5) is 8.61. The van der Waals surface area contributed by atoms with Crippen LogP contribution >= 0.6 is 0 Å². The van der Waals surface area contributed by atoms with Crippen molar-refractivity contribution in [1.82, 2.24) is 19.7 Å². The highest BCUT2D eigenvalue weighted by Crippen LogP contribution is 2.18. The van der Waals surface area contributed by atoms with E-state index in [9.17, 15) is 0 Å². The van der Waals surface area contributed by atoms with Crippen molar-refractivity contribution in [2.45, 2.75) is 26.8 Å². The fourth-order valence-corrected chi connectivity index (χ4v) is 1.61. The van der Waals surface area contributed by atoms with Crippen molar-refractivity contribution in [2.24, 2.45) is 0 Å². The van der Waals surface area contributed by atoms with Gasteiger partial charge in [-0.25, -0.2) is 9.97 Å². The molecule has 0 amide bonds. The number of hydrogen-bond acceptors (Lipinski definition) is 4. The molecule has 0 unspecified atom stereocenters. The van der Waals surface area contributed by atoms with Gasteiger partial charge in [0.15, 0.2) is 0 Å². The molecule has 0 saturated heterocycles. The van der Waals surface area contributed by atoms with E-state index in [-0.39, 0.29) is 0 Å². The minimum atomic E-state index is 0.505. The third kappa shape index (κ3) is 1.88. The van der Waals surface area contributed by atoms with Crippen LogP contribution in [0.25, 0.3) is 11.4 Å². The topological polar surface area (TPSA) is 69.6 Å². The summed E-state index contributed by atoms with van der Waals surface area (Å²) >= 11 is 0. The summed E-state index contributed by atoms with van der Waals surface area (Å²) < 4.78 is 1.89. The summed E-state index contributed by atoms with van der Waals surface area (Å²) in [6.45, 7) is 4.87. The molecule has 0 aliphatic heterocycles. The lowest BCUT2D eigenvalue weighted by Gasteiger charge is -2.06. The molecule has 2 N–H and O–H groups in total. The average molecular weight is 217 g/mol. The van der Waals surface area contributed by atoms with E-state index in [1.807, 2.05) is 24.6 Å². The van der Waals surface area contributed by atoms with E-state index < -0.39 is 0 Å². The molecular formula is C11H15N5. The van der Waals surface area contributed by atoms with Crippen molar-refractivity contribution in [3.05, 3.63) is 24.2 Å². The molecule has 0 atom stereocenters. The number of aromatic nitrogens is 4. The Morgan fingerprint density at radius 3 is 2.81 bits per heavy atom. The molecule has 2 heterocycles. The van der Waals surface area contributed by atoms with Crippen molar-refractivity contribution < 1.29 is 0 Å². The highest BCUT2D eigenvalue weighted by molar-refractivity contribution is 5.57. The first kappa shape index (κ1) is 10.6. The van der Waals surface area contributed by atoms with E-state index in [4.69, 9.17) is 5.73 Å². The quantitative estimate of drug-likeness (QED) is 0.846. The number of nitrogens with zero attached hydrogens (tertiary/aromatic N) is 4. The normalized spacial score (nSPS) is 10.6. The van der Waals surface area contributed by atoms with Crippen LogP contribution in [0.3, 0.4) is 0 Å². The van der Waals surface area contributed by atoms with Crippen LogP contribution in [-0.4, -0.2) is 19.7 Å². The Morgan fingerprint density at radius 2 is 2.12 bits per heavy atom. The SMILES string of the molecule is CCc1nc(N)cc(-c2ccnn2CC)n1. The lowest BCUT2D eigenvalue weighted by atomic mass is 10.2. The molecule has 0 spiro atoms. The van der Waals surface area contributed by atoms with Gasteiger partial charge in [0.05, 0.1) is 11.4 Å². The first-order valence-corrected chi connectivity index (χ1v) is 5.40. The maximum absolute atomic E-state index is 5.75. The summed E-state index contributed by atoms with van der Waals surface area (Å²) in [7, 11) is 0. The van der Waals surface area contributed by atoms with Crippen LogP contribution in [-0.2, 0) is 13.0 Å². The minimum absolute atomic E-state index is 0.505. The molecule has 84 valence electrons. The number of anilines is 1. The first-order valence-electron chi connectivity index (χ1n) is 5.40. The van der Waals surface area contributed by atoms with Gasteiger partial charge in [-0.1, -0.05) is 6.92 Å². The molecule has 16 heavy (non-hydrogen) atoms. The molecule has 5 nitrogen and oxygen atoms in total. The maximum Gasteiger partial charge on any atom is 0.131 e. The second-order valence-corrected chi connectivity index (χ2v) is 3.48. The molecule has 0 aliphatic carbocycles. The summed E-state index contributed by atoms with van der Waals surface area (Å²) in [6, 6.07) is 3.72. The predicted octanol–water partition coefficient (Wildman–Crippen LogP) is 1.50. The number of nitrogens with two attached hydrogens (primary N) is 1. The zero-order chi connectivity index (χ0) is 11.5. The van der Waals surface area contributed by atoms with Gasteiger partial charge in [-0.3, -0.25) is 4.68 Å². The molecule has 2 rings (SSSR count). The molecule has 0 bridgehead atoms. The molecular weight excluding hydrogens is 202 g/mol. The zero-order valence-electron chi connectivity index (χ0n) is 9.51.